The minimum Gasteiger partial charge on any atom is -0.317 e. The maximum atomic E-state index is 12.1. The first kappa shape index (κ1) is 18.1. The lowest BCUT2D eigenvalue weighted by Crippen LogP contribution is -2.46. The quantitative estimate of drug-likeness (QED) is 0.794. The predicted molar refractivity (Wildman–Crippen MR) is 77.3 cm³/mol. The topological polar surface area (TPSA) is 52.7 Å². The standard InChI is InChI=1S/C11H25N3O2S.ClH/c1-4-12-10-11-6-8-14(9-7-11)17(15,16)13(3)5-2;/h11-12H,4-10H2,1-3H3;1H. The van der Waals surface area contributed by atoms with Crippen LogP contribution in [0.1, 0.15) is 26.7 Å². The van der Waals surface area contributed by atoms with Gasteiger partial charge in [-0.15, -0.1) is 12.4 Å². The van der Waals surface area contributed by atoms with Gasteiger partial charge in [0.1, 0.15) is 0 Å². The molecule has 0 bridgehead atoms. The lowest BCUT2D eigenvalue weighted by molar-refractivity contribution is 0.255. The molecular weight excluding hydrogens is 274 g/mol. The highest BCUT2D eigenvalue weighted by molar-refractivity contribution is 7.86. The molecule has 18 heavy (non-hydrogen) atoms. The lowest BCUT2D eigenvalue weighted by atomic mass is 9.98. The molecular formula is C11H26ClN3O2S. The van der Waals surface area contributed by atoms with E-state index in [0.717, 1.165) is 25.9 Å². The molecule has 0 spiro atoms. The first-order valence-electron chi connectivity index (χ1n) is 6.44. The molecule has 0 aromatic rings. The van der Waals surface area contributed by atoms with Gasteiger partial charge < -0.3 is 5.32 Å². The summed E-state index contributed by atoms with van der Waals surface area (Å²) in [6.45, 7) is 7.78. The summed E-state index contributed by atoms with van der Waals surface area (Å²) in [5, 5.41) is 3.33. The van der Waals surface area contributed by atoms with Gasteiger partial charge in [-0.1, -0.05) is 13.8 Å². The number of piperidine rings is 1. The second-order valence-corrected chi connectivity index (χ2v) is 6.61. The van der Waals surface area contributed by atoms with Gasteiger partial charge in [-0.3, -0.25) is 0 Å². The van der Waals surface area contributed by atoms with E-state index in [0.29, 0.717) is 25.6 Å². The van der Waals surface area contributed by atoms with Gasteiger partial charge in [-0.2, -0.15) is 17.0 Å². The zero-order chi connectivity index (χ0) is 12.9. The number of hydrogen-bond acceptors (Lipinski definition) is 3. The predicted octanol–water partition coefficient (Wildman–Crippen LogP) is 0.926. The van der Waals surface area contributed by atoms with E-state index in [1.807, 2.05) is 6.92 Å². The zero-order valence-electron chi connectivity index (χ0n) is 11.6. The summed E-state index contributed by atoms with van der Waals surface area (Å²) in [5.41, 5.74) is 0. The summed E-state index contributed by atoms with van der Waals surface area (Å²) < 4.78 is 27.2. The Morgan fingerprint density at radius 1 is 1.28 bits per heavy atom. The molecule has 0 aliphatic carbocycles. The Hall–Kier alpha value is 0.120. The summed E-state index contributed by atoms with van der Waals surface area (Å²) in [6.07, 6.45) is 1.92. The van der Waals surface area contributed by atoms with Crippen molar-refractivity contribution in [2.45, 2.75) is 26.7 Å². The van der Waals surface area contributed by atoms with Crippen LogP contribution in [0.4, 0.5) is 0 Å². The number of halogens is 1. The summed E-state index contributed by atoms with van der Waals surface area (Å²) in [4.78, 5) is 0. The number of nitrogens with one attached hydrogen (secondary N) is 1. The lowest BCUT2D eigenvalue weighted by Gasteiger charge is -2.33. The van der Waals surface area contributed by atoms with Crippen LogP contribution in [0.3, 0.4) is 0 Å². The van der Waals surface area contributed by atoms with Gasteiger partial charge >= 0.3 is 0 Å². The second kappa shape index (κ2) is 8.32. The number of hydrogen-bond donors (Lipinski definition) is 1. The van der Waals surface area contributed by atoms with Gasteiger partial charge in [0.25, 0.3) is 10.2 Å². The normalized spacial score (nSPS) is 18.9. The van der Waals surface area contributed by atoms with Crippen LogP contribution in [0, 0.1) is 5.92 Å². The van der Waals surface area contributed by atoms with E-state index in [9.17, 15) is 8.42 Å². The third-order valence-corrected chi connectivity index (χ3v) is 5.49. The number of rotatable bonds is 6. The largest absolute Gasteiger partial charge is 0.317 e. The smallest absolute Gasteiger partial charge is 0.281 e. The van der Waals surface area contributed by atoms with Gasteiger partial charge in [0, 0.05) is 26.7 Å². The van der Waals surface area contributed by atoms with Gasteiger partial charge in [-0.25, -0.2) is 0 Å². The van der Waals surface area contributed by atoms with Crippen molar-refractivity contribution in [1.82, 2.24) is 13.9 Å². The Balaban J connectivity index is 0.00000289. The summed E-state index contributed by atoms with van der Waals surface area (Å²) >= 11 is 0. The third kappa shape index (κ3) is 4.66. The highest BCUT2D eigenvalue weighted by Crippen LogP contribution is 2.20. The molecule has 1 aliphatic rings. The molecule has 1 N–H and O–H groups in total. The Morgan fingerprint density at radius 2 is 1.83 bits per heavy atom. The molecule has 0 aromatic carbocycles. The first-order chi connectivity index (χ1) is 8.02. The van der Waals surface area contributed by atoms with E-state index in [1.54, 1.807) is 11.4 Å². The van der Waals surface area contributed by atoms with E-state index >= 15 is 0 Å². The van der Waals surface area contributed by atoms with Crippen LogP contribution < -0.4 is 5.32 Å². The monoisotopic (exact) mass is 299 g/mol. The Labute approximate surface area is 118 Å². The van der Waals surface area contributed by atoms with Crippen LogP contribution in [0.25, 0.3) is 0 Å². The Kier molecular flexibility index (Phi) is 8.38. The van der Waals surface area contributed by atoms with Gasteiger partial charge in [0.2, 0.25) is 0 Å². The molecule has 5 nitrogen and oxygen atoms in total. The van der Waals surface area contributed by atoms with Crippen molar-refractivity contribution in [3.63, 3.8) is 0 Å². The minimum atomic E-state index is -3.21. The summed E-state index contributed by atoms with van der Waals surface area (Å²) in [6, 6.07) is 0. The second-order valence-electron chi connectivity index (χ2n) is 4.57. The van der Waals surface area contributed by atoms with Crippen molar-refractivity contribution in [1.29, 1.82) is 0 Å². The van der Waals surface area contributed by atoms with Crippen molar-refractivity contribution in [3.8, 4) is 0 Å². The average Bonchev–Trinajstić information content (AvgIpc) is 2.35. The van der Waals surface area contributed by atoms with Crippen LogP contribution in [-0.2, 0) is 10.2 Å². The number of nitrogens with zero attached hydrogens (tertiary/aromatic N) is 2. The molecule has 0 radical (unpaired) electrons. The molecule has 0 atom stereocenters. The van der Waals surface area contributed by atoms with E-state index in [1.165, 1.54) is 4.31 Å². The van der Waals surface area contributed by atoms with Crippen LogP contribution in [0.15, 0.2) is 0 Å². The highest BCUT2D eigenvalue weighted by atomic mass is 35.5. The molecule has 1 aliphatic heterocycles. The van der Waals surface area contributed by atoms with E-state index in [2.05, 4.69) is 12.2 Å². The molecule has 7 heteroatoms. The van der Waals surface area contributed by atoms with Gasteiger partial charge in [0.15, 0.2) is 0 Å². The van der Waals surface area contributed by atoms with Crippen molar-refractivity contribution in [2.24, 2.45) is 5.92 Å². The van der Waals surface area contributed by atoms with Crippen molar-refractivity contribution in [3.05, 3.63) is 0 Å². The maximum absolute atomic E-state index is 12.1. The van der Waals surface area contributed by atoms with Crippen molar-refractivity contribution in [2.75, 3.05) is 39.8 Å². The average molecular weight is 300 g/mol. The SMILES string of the molecule is CCNCC1CCN(S(=O)(=O)N(C)CC)CC1.Cl. The maximum Gasteiger partial charge on any atom is 0.281 e. The minimum absolute atomic E-state index is 0. The van der Waals surface area contributed by atoms with Crippen molar-refractivity contribution >= 4 is 22.6 Å². The van der Waals surface area contributed by atoms with Crippen LogP contribution in [0.5, 0.6) is 0 Å². The molecule has 0 amide bonds. The van der Waals surface area contributed by atoms with Crippen LogP contribution >= 0.6 is 12.4 Å². The Bertz CT molecular complexity index is 316. The highest BCUT2D eigenvalue weighted by Gasteiger charge is 2.29. The zero-order valence-corrected chi connectivity index (χ0v) is 13.2. The van der Waals surface area contributed by atoms with E-state index in [4.69, 9.17) is 0 Å². The third-order valence-electron chi connectivity index (χ3n) is 3.42. The molecule has 0 aromatic heterocycles. The van der Waals surface area contributed by atoms with Crippen molar-refractivity contribution < 1.29 is 8.42 Å². The van der Waals surface area contributed by atoms with Gasteiger partial charge in [-0.05, 0) is 31.8 Å². The molecule has 1 heterocycles. The Morgan fingerprint density at radius 3 is 2.28 bits per heavy atom. The van der Waals surface area contributed by atoms with Crippen LogP contribution in [0.2, 0.25) is 0 Å². The summed E-state index contributed by atoms with van der Waals surface area (Å²) in [5.74, 6) is 0.619. The molecule has 1 saturated heterocycles. The van der Waals surface area contributed by atoms with Crippen LogP contribution in [-0.4, -0.2) is 56.8 Å². The fourth-order valence-corrected chi connectivity index (χ4v) is 3.45. The molecule has 1 fully saturated rings. The fraction of sp³-hybridized carbons (Fsp3) is 1.00. The first-order valence-corrected chi connectivity index (χ1v) is 7.84. The molecule has 0 saturated carbocycles. The fourth-order valence-electron chi connectivity index (χ4n) is 2.05. The molecule has 0 unspecified atom stereocenters. The van der Waals surface area contributed by atoms with E-state index < -0.39 is 10.2 Å². The molecule has 1 rings (SSSR count). The molecule has 110 valence electrons. The van der Waals surface area contributed by atoms with Gasteiger partial charge in [0.05, 0.1) is 0 Å². The van der Waals surface area contributed by atoms with E-state index in [-0.39, 0.29) is 12.4 Å². The summed E-state index contributed by atoms with van der Waals surface area (Å²) in [7, 11) is -1.57.